The van der Waals surface area contributed by atoms with Gasteiger partial charge in [-0.05, 0) is 24.0 Å². The summed E-state index contributed by atoms with van der Waals surface area (Å²) >= 11 is 0. The lowest BCUT2D eigenvalue weighted by atomic mass is 9.97. The lowest BCUT2D eigenvalue weighted by Gasteiger charge is -2.16. The summed E-state index contributed by atoms with van der Waals surface area (Å²) in [5.41, 5.74) is 0.771. The summed E-state index contributed by atoms with van der Waals surface area (Å²) in [6.45, 7) is 4.06. The van der Waals surface area contributed by atoms with Crippen LogP contribution in [0.15, 0.2) is 24.3 Å². The van der Waals surface area contributed by atoms with E-state index >= 15 is 0 Å². The topological polar surface area (TPSA) is 57.5 Å². The Bertz CT molecular complexity index is 370. The average Bonchev–Trinajstić information content (AvgIpc) is 2.17. The molecule has 0 bridgehead atoms. The Balaban J connectivity index is 3.12. The molecule has 0 aliphatic carbocycles. The largest absolute Gasteiger partial charge is 0.356 e. The van der Waals surface area contributed by atoms with Gasteiger partial charge in [0.1, 0.15) is 0 Å². The quantitative estimate of drug-likeness (QED) is 0.778. The molecular weight excluding hydrogens is 211 g/mol. The SMILES string of the molecule is CCCC(C)c1ccccc1P(=O)(O)O. The molecule has 1 atom stereocenters. The number of benzene rings is 1. The molecule has 2 N–H and O–H groups in total. The summed E-state index contributed by atoms with van der Waals surface area (Å²) < 4.78 is 11.3. The van der Waals surface area contributed by atoms with Crippen LogP contribution in [0.4, 0.5) is 0 Å². The fourth-order valence-electron chi connectivity index (χ4n) is 1.76. The summed E-state index contributed by atoms with van der Waals surface area (Å²) in [5, 5.41) is 0.172. The molecule has 84 valence electrons. The van der Waals surface area contributed by atoms with Gasteiger partial charge in [-0.15, -0.1) is 0 Å². The van der Waals surface area contributed by atoms with Crippen molar-refractivity contribution in [3.63, 3.8) is 0 Å². The summed E-state index contributed by atoms with van der Waals surface area (Å²) in [6, 6.07) is 6.80. The summed E-state index contributed by atoms with van der Waals surface area (Å²) in [6.07, 6.45) is 1.95. The first-order valence-electron chi connectivity index (χ1n) is 5.11. The summed E-state index contributed by atoms with van der Waals surface area (Å²) in [5.74, 6) is 0.193. The highest BCUT2D eigenvalue weighted by atomic mass is 31.2. The van der Waals surface area contributed by atoms with Gasteiger partial charge >= 0.3 is 7.60 Å². The van der Waals surface area contributed by atoms with Crippen LogP contribution in [0.5, 0.6) is 0 Å². The Morgan fingerprint density at radius 2 is 1.93 bits per heavy atom. The van der Waals surface area contributed by atoms with Gasteiger partial charge in [0, 0.05) is 0 Å². The van der Waals surface area contributed by atoms with E-state index in [-0.39, 0.29) is 11.2 Å². The highest BCUT2D eigenvalue weighted by Gasteiger charge is 2.22. The van der Waals surface area contributed by atoms with Gasteiger partial charge in [0.05, 0.1) is 5.30 Å². The molecule has 1 rings (SSSR count). The highest BCUT2D eigenvalue weighted by molar-refractivity contribution is 7.60. The Labute approximate surface area is 90.3 Å². The maximum absolute atomic E-state index is 11.3. The lowest BCUT2D eigenvalue weighted by molar-refractivity contribution is 0.387. The van der Waals surface area contributed by atoms with Gasteiger partial charge in [0.2, 0.25) is 0 Å². The van der Waals surface area contributed by atoms with Crippen molar-refractivity contribution < 1.29 is 14.4 Å². The molecule has 0 fully saturated rings. The number of hydrogen-bond acceptors (Lipinski definition) is 1. The number of hydrogen-bond donors (Lipinski definition) is 2. The van der Waals surface area contributed by atoms with Crippen molar-refractivity contribution in [3.8, 4) is 0 Å². The molecule has 0 aromatic heterocycles. The van der Waals surface area contributed by atoms with E-state index in [4.69, 9.17) is 0 Å². The van der Waals surface area contributed by atoms with Crippen molar-refractivity contribution in [1.29, 1.82) is 0 Å². The van der Waals surface area contributed by atoms with Crippen LogP contribution in [0.3, 0.4) is 0 Å². The molecule has 0 aliphatic heterocycles. The van der Waals surface area contributed by atoms with E-state index in [0.717, 1.165) is 18.4 Å². The normalized spacial score (nSPS) is 13.9. The molecule has 0 aliphatic rings. The third-order valence-corrected chi connectivity index (χ3v) is 3.54. The van der Waals surface area contributed by atoms with E-state index < -0.39 is 7.60 Å². The minimum absolute atomic E-state index is 0.172. The van der Waals surface area contributed by atoms with Crippen molar-refractivity contribution in [2.24, 2.45) is 0 Å². The third-order valence-electron chi connectivity index (χ3n) is 2.50. The molecular formula is C11H17O3P. The average molecular weight is 228 g/mol. The van der Waals surface area contributed by atoms with Crippen LogP contribution in [0.25, 0.3) is 0 Å². The van der Waals surface area contributed by atoms with Crippen LogP contribution in [0.1, 0.15) is 38.2 Å². The first-order valence-corrected chi connectivity index (χ1v) is 6.73. The lowest BCUT2D eigenvalue weighted by Crippen LogP contribution is -2.13. The molecule has 3 nitrogen and oxygen atoms in total. The van der Waals surface area contributed by atoms with Crippen LogP contribution in [0, 0.1) is 0 Å². The predicted octanol–water partition coefficient (Wildman–Crippen LogP) is 2.39. The maximum atomic E-state index is 11.3. The van der Waals surface area contributed by atoms with E-state index in [1.54, 1.807) is 12.1 Å². The zero-order valence-electron chi connectivity index (χ0n) is 9.05. The standard InChI is InChI=1S/C11H17O3P/c1-3-6-9(2)10-7-4-5-8-11(10)15(12,13)14/h4-5,7-9H,3,6H2,1-2H3,(H2,12,13,14). The van der Waals surface area contributed by atoms with Crippen LogP contribution < -0.4 is 5.30 Å². The Morgan fingerprint density at radius 3 is 2.47 bits per heavy atom. The van der Waals surface area contributed by atoms with Gasteiger partial charge in [-0.25, -0.2) is 0 Å². The van der Waals surface area contributed by atoms with Gasteiger partial charge in [-0.3, -0.25) is 4.57 Å². The summed E-state index contributed by atoms with van der Waals surface area (Å²) in [4.78, 5) is 18.4. The van der Waals surface area contributed by atoms with Crippen LogP contribution in [0.2, 0.25) is 0 Å². The van der Waals surface area contributed by atoms with Crippen molar-refractivity contribution in [1.82, 2.24) is 0 Å². The zero-order valence-corrected chi connectivity index (χ0v) is 9.95. The molecule has 0 saturated carbocycles. The minimum Gasteiger partial charge on any atom is -0.321 e. The van der Waals surface area contributed by atoms with E-state index in [2.05, 4.69) is 6.92 Å². The maximum Gasteiger partial charge on any atom is 0.356 e. The molecule has 0 amide bonds. The molecule has 0 radical (unpaired) electrons. The molecule has 1 aromatic carbocycles. The van der Waals surface area contributed by atoms with E-state index in [1.807, 2.05) is 13.0 Å². The second-order valence-corrected chi connectivity index (χ2v) is 5.36. The fraction of sp³-hybridized carbons (Fsp3) is 0.455. The second-order valence-electron chi connectivity index (χ2n) is 3.79. The smallest absolute Gasteiger partial charge is 0.321 e. The first-order chi connectivity index (χ1) is 6.96. The van der Waals surface area contributed by atoms with Gasteiger partial charge in [0.15, 0.2) is 0 Å². The monoisotopic (exact) mass is 228 g/mol. The third kappa shape index (κ3) is 3.16. The molecule has 1 unspecified atom stereocenters. The Hall–Kier alpha value is -0.630. The summed E-state index contributed by atoms with van der Waals surface area (Å²) in [7, 11) is -4.13. The number of rotatable bonds is 4. The minimum atomic E-state index is -4.13. The predicted molar refractivity (Wildman–Crippen MR) is 61.4 cm³/mol. The van der Waals surface area contributed by atoms with Gasteiger partial charge in [-0.2, -0.15) is 0 Å². The molecule has 15 heavy (non-hydrogen) atoms. The molecule has 0 saturated heterocycles. The van der Waals surface area contributed by atoms with Gasteiger partial charge in [0.25, 0.3) is 0 Å². The molecule has 0 spiro atoms. The van der Waals surface area contributed by atoms with E-state index in [1.165, 1.54) is 6.07 Å². The molecule has 4 heteroatoms. The van der Waals surface area contributed by atoms with Crippen molar-refractivity contribution >= 4 is 12.9 Å². The van der Waals surface area contributed by atoms with Crippen molar-refractivity contribution in [2.45, 2.75) is 32.6 Å². The van der Waals surface area contributed by atoms with Crippen molar-refractivity contribution in [3.05, 3.63) is 29.8 Å². The van der Waals surface area contributed by atoms with Gasteiger partial charge < -0.3 is 9.79 Å². The highest BCUT2D eigenvalue weighted by Crippen LogP contribution is 2.37. The Kier molecular flexibility index (Phi) is 4.09. The van der Waals surface area contributed by atoms with E-state index in [0.29, 0.717) is 0 Å². The van der Waals surface area contributed by atoms with Gasteiger partial charge in [-0.1, -0.05) is 38.5 Å². The van der Waals surface area contributed by atoms with Crippen molar-refractivity contribution in [2.75, 3.05) is 0 Å². The first kappa shape index (κ1) is 12.4. The Morgan fingerprint density at radius 1 is 1.33 bits per heavy atom. The van der Waals surface area contributed by atoms with Crippen LogP contribution in [-0.2, 0) is 4.57 Å². The second kappa shape index (κ2) is 4.93. The zero-order chi connectivity index (χ0) is 11.5. The van der Waals surface area contributed by atoms with E-state index in [9.17, 15) is 14.4 Å². The molecule has 0 heterocycles. The van der Waals surface area contributed by atoms with Crippen LogP contribution >= 0.6 is 7.60 Å². The fourth-order valence-corrected chi connectivity index (χ4v) is 2.67. The molecule has 1 aromatic rings. The van der Waals surface area contributed by atoms with Crippen LogP contribution in [-0.4, -0.2) is 9.79 Å².